The topological polar surface area (TPSA) is 23.5 Å². The fourth-order valence-corrected chi connectivity index (χ4v) is 2.35. The molecule has 2 heteroatoms. The normalized spacial score (nSPS) is 25.8. The van der Waals surface area contributed by atoms with Crippen LogP contribution in [0.3, 0.4) is 0 Å². The number of nitrogens with zero attached hydrogens (tertiary/aromatic N) is 1. The minimum Gasteiger partial charge on any atom is -0.388 e. The number of rotatable bonds is 4. The van der Waals surface area contributed by atoms with Gasteiger partial charge in [0.15, 0.2) is 0 Å². The molecule has 1 aromatic carbocycles. The number of likely N-dealkylation sites (tertiary alicyclic amines) is 1. The first-order valence-corrected chi connectivity index (χ1v) is 5.81. The van der Waals surface area contributed by atoms with Gasteiger partial charge in [-0.05, 0) is 18.4 Å². The Labute approximate surface area is 97.2 Å². The lowest BCUT2D eigenvalue weighted by Crippen LogP contribution is -2.32. The Morgan fingerprint density at radius 3 is 2.81 bits per heavy atom. The van der Waals surface area contributed by atoms with Gasteiger partial charge in [-0.3, -0.25) is 4.90 Å². The molecule has 1 fully saturated rings. The number of hydrogen-bond acceptors (Lipinski definition) is 2. The summed E-state index contributed by atoms with van der Waals surface area (Å²) in [6.45, 7) is 6.36. The first-order chi connectivity index (χ1) is 7.72. The molecule has 0 saturated carbocycles. The summed E-state index contributed by atoms with van der Waals surface area (Å²) in [5, 5.41) is 10.2. The van der Waals surface area contributed by atoms with Gasteiger partial charge in [0, 0.05) is 19.6 Å². The molecule has 86 valence electrons. The molecule has 1 aliphatic heterocycles. The molecule has 1 saturated heterocycles. The summed E-state index contributed by atoms with van der Waals surface area (Å²) in [4.78, 5) is 2.30. The van der Waals surface area contributed by atoms with Gasteiger partial charge in [-0.1, -0.05) is 36.4 Å². The monoisotopic (exact) mass is 217 g/mol. The third-order valence-corrected chi connectivity index (χ3v) is 3.18. The Morgan fingerprint density at radius 1 is 1.38 bits per heavy atom. The van der Waals surface area contributed by atoms with E-state index in [1.165, 1.54) is 5.56 Å². The molecule has 2 nitrogen and oxygen atoms in total. The van der Waals surface area contributed by atoms with Gasteiger partial charge in [-0.15, -0.1) is 6.58 Å². The predicted octanol–water partition coefficient (Wildman–Crippen LogP) is 2.20. The standard InChI is InChI=1S/C14H19NO/c1-2-8-14(16)9-10-15(12-14)11-13-6-4-3-5-7-13/h2-7,16H,1,8-12H2/t14-/m0/s1. The summed E-state index contributed by atoms with van der Waals surface area (Å²) < 4.78 is 0. The highest BCUT2D eigenvalue weighted by atomic mass is 16.3. The van der Waals surface area contributed by atoms with E-state index < -0.39 is 5.60 Å². The first-order valence-electron chi connectivity index (χ1n) is 5.81. The first kappa shape index (κ1) is 11.4. The van der Waals surface area contributed by atoms with E-state index >= 15 is 0 Å². The van der Waals surface area contributed by atoms with Crippen molar-refractivity contribution in [3.8, 4) is 0 Å². The van der Waals surface area contributed by atoms with Crippen molar-refractivity contribution in [1.82, 2.24) is 4.90 Å². The van der Waals surface area contributed by atoms with Gasteiger partial charge in [0.05, 0.1) is 5.60 Å². The van der Waals surface area contributed by atoms with E-state index in [9.17, 15) is 5.11 Å². The molecule has 16 heavy (non-hydrogen) atoms. The number of aliphatic hydroxyl groups is 1. The molecule has 1 aliphatic rings. The lowest BCUT2D eigenvalue weighted by molar-refractivity contribution is 0.0516. The lowest BCUT2D eigenvalue weighted by Gasteiger charge is -2.21. The molecule has 1 atom stereocenters. The van der Waals surface area contributed by atoms with Crippen LogP contribution in [0.5, 0.6) is 0 Å². The fourth-order valence-electron chi connectivity index (χ4n) is 2.35. The average Bonchev–Trinajstić information content (AvgIpc) is 2.62. The van der Waals surface area contributed by atoms with Crippen LogP contribution < -0.4 is 0 Å². The summed E-state index contributed by atoms with van der Waals surface area (Å²) in [7, 11) is 0. The highest BCUT2D eigenvalue weighted by Gasteiger charge is 2.34. The van der Waals surface area contributed by atoms with Crippen LogP contribution in [-0.4, -0.2) is 28.7 Å². The fraction of sp³-hybridized carbons (Fsp3) is 0.429. The molecule has 0 aliphatic carbocycles. The Bertz CT molecular complexity index is 349. The molecule has 0 unspecified atom stereocenters. The third-order valence-electron chi connectivity index (χ3n) is 3.18. The van der Waals surface area contributed by atoms with Crippen LogP contribution in [0.15, 0.2) is 43.0 Å². The van der Waals surface area contributed by atoms with Gasteiger partial charge in [0.25, 0.3) is 0 Å². The molecule has 0 spiro atoms. The Morgan fingerprint density at radius 2 is 2.12 bits per heavy atom. The zero-order chi connectivity index (χ0) is 11.4. The lowest BCUT2D eigenvalue weighted by atomic mass is 9.99. The van der Waals surface area contributed by atoms with Gasteiger partial charge >= 0.3 is 0 Å². The van der Waals surface area contributed by atoms with Crippen molar-refractivity contribution in [2.45, 2.75) is 25.0 Å². The Kier molecular flexibility index (Phi) is 3.42. The zero-order valence-corrected chi connectivity index (χ0v) is 9.60. The largest absolute Gasteiger partial charge is 0.388 e. The van der Waals surface area contributed by atoms with Crippen molar-refractivity contribution in [2.24, 2.45) is 0 Å². The second-order valence-corrected chi connectivity index (χ2v) is 4.66. The van der Waals surface area contributed by atoms with Crippen LogP contribution in [0.4, 0.5) is 0 Å². The molecular formula is C14H19NO. The van der Waals surface area contributed by atoms with Crippen molar-refractivity contribution in [2.75, 3.05) is 13.1 Å². The maximum atomic E-state index is 10.2. The Hall–Kier alpha value is -1.12. The van der Waals surface area contributed by atoms with Gasteiger partial charge in [-0.2, -0.15) is 0 Å². The third kappa shape index (κ3) is 2.71. The highest BCUT2D eigenvalue weighted by molar-refractivity contribution is 5.15. The average molecular weight is 217 g/mol. The molecule has 0 aromatic heterocycles. The molecule has 0 bridgehead atoms. The maximum absolute atomic E-state index is 10.2. The van der Waals surface area contributed by atoms with Gasteiger partial charge in [-0.25, -0.2) is 0 Å². The minimum atomic E-state index is -0.545. The highest BCUT2D eigenvalue weighted by Crippen LogP contribution is 2.26. The molecule has 2 rings (SSSR count). The summed E-state index contributed by atoms with van der Waals surface area (Å²) in [5.41, 5.74) is 0.765. The van der Waals surface area contributed by atoms with Gasteiger partial charge in [0.1, 0.15) is 0 Å². The Balaban J connectivity index is 1.92. The van der Waals surface area contributed by atoms with E-state index in [-0.39, 0.29) is 0 Å². The van der Waals surface area contributed by atoms with Crippen LogP contribution in [0.1, 0.15) is 18.4 Å². The van der Waals surface area contributed by atoms with Crippen LogP contribution in [0.2, 0.25) is 0 Å². The predicted molar refractivity (Wildman–Crippen MR) is 66.1 cm³/mol. The van der Waals surface area contributed by atoms with E-state index in [0.29, 0.717) is 6.42 Å². The molecule has 1 N–H and O–H groups in total. The van der Waals surface area contributed by atoms with Crippen molar-refractivity contribution in [3.05, 3.63) is 48.6 Å². The van der Waals surface area contributed by atoms with Crippen molar-refractivity contribution < 1.29 is 5.11 Å². The minimum absolute atomic E-state index is 0.545. The smallest absolute Gasteiger partial charge is 0.0820 e. The second-order valence-electron chi connectivity index (χ2n) is 4.66. The maximum Gasteiger partial charge on any atom is 0.0820 e. The van der Waals surface area contributed by atoms with Crippen LogP contribution >= 0.6 is 0 Å². The zero-order valence-electron chi connectivity index (χ0n) is 9.60. The number of benzene rings is 1. The number of β-amino-alcohol motifs (C(OH)–C–C–N with tert-alkyl or cyclic N) is 1. The SMILES string of the molecule is C=CC[C@]1(O)CCN(Cc2ccccc2)C1. The van der Waals surface area contributed by atoms with Crippen LogP contribution in [-0.2, 0) is 6.54 Å². The van der Waals surface area contributed by atoms with E-state index in [1.54, 1.807) is 0 Å². The van der Waals surface area contributed by atoms with E-state index in [1.807, 2.05) is 12.1 Å². The van der Waals surface area contributed by atoms with Crippen molar-refractivity contribution >= 4 is 0 Å². The molecule has 1 aromatic rings. The molecule has 1 heterocycles. The summed E-state index contributed by atoms with van der Waals surface area (Å²) in [6.07, 6.45) is 3.36. The summed E-state index contributed by atoms with van der Waals surface area (Å²) in [5.74, 6) is 0. The number of hydrogen-bond donors (Lipinski definition) is 1. The molecule has 0 radical (unpaired) electrons. The quantitative estimate of drug-likeness (QED) is 0.782. The van der Waals surface area contributed by atoms with Crippen molar-refractivity contribution in [3.63, 3.8) is 0 Å². The van der Waals surface area contributed by atoms with Crippen LogP contribution in [0.25, 0.3) is 0 Å². The van der Waals surface area contributed by atoms with Crippen LogP contribution in [0, 0.1) is 0 Å². The van der Waals surface area contributed by atoms with Gasteiger partial charge < -0.3 is 5.11 Å². The van der Waals surface area contributed by atoms with E-state index in [2.05, 4.69) is 35.7 Å². The summed E-state index contributed by atoms with van der Waals surface area (Å²) in [6, 6.07) is 10.4. The van der Waals surface area contributed by atoms with Gasteiger partial charge in [0.2, 0.25) is 0 Å². The molecule has 0 amide bonds. The van der Waals surface area contributed by atoms with Crippen molar-refractivity contribution in [1.29, 1.82) is 0 Å². The summed E-state index contributed by atoms with van der Waals surface area (Å²) >= 11 is 0. The van der Waals surface area contributed by atoms with E-state index in [4.69, 9.17) is 0 Å². The molecular weight excluding hydrogens is 198 g/mol. The van der Waals surface area contributed by atoms with E-state index in [0.717, 1.165) is 26.1 Å². The second kappa shape index (κ2) is 4.81.